The molecule has 0 radical (unpaired) electrons. The van der Waals surface area contributed by atoms with Crippen LogP contribution < -0.4 is 0 Å². The summed E-state index contributed by atoms with van der Waals surface area (Å²) in [4.78, 5) is 22.0. The van der Waals surface area contributed by atoms with E-state index in [9.17, 15) is 14.7 Å². The molecule has 2 rings (SSSR count). The molecule has 0 bridgehead atoms. The van der Waals surface area contributed by atoms with Crippen LogP contribution in [0, 0.1) is 17.3 Å². The number of aliphatic carboxylic acids is 2. The summed E-state index contributed by atoms with van der Waals surface area (Å²) in [5, 5.41) is 18.1. The molecule has 0 aromatic heterocycles. The molecule has 0 amide bonds. The fraction of sp³-hybridized carbons (Fsp3) is 0.833. The smallest absolute Gasteiger partial charge is 0.307 e. The second kappa shape index (κ2) is 4.07. The van der Waals surface area contributed by atoms with E-state index >= 15 is 0 Å². The van der Waals surface area contributed by atoms with Crippen molar-refractivity contribution in [2.24, 2.45) is 17.3 Å². The first-order valence-electron chi connectivity index (χ1n) is 6.01. The first-order chi connectivity index (χ1) is 7.55. The van der Waals surface area contributed by atoms with E-state index in [1.807, 2.05) is 0 Å². The minimum Gasteiger partial charge on any atom is -0.481 e. The van der Waals surface area contributed by atoms with Gasteiger partial charge in [0.1, 0.15) is 0 Å². The summed E-state index contributed by atoms with van der Waals surface area (Å²) in [7, 11) is 0. The van der Waals surface area contributed by atoms with E-state index in [1.54, 1.807) is 0 Å². The van der Waals surface area contributed by atoms with E-state index < -0.39 is 11.9 Å². The van der Waals surface area contributed by atoms with Crippen molar-refractivity contribution < 1.29 is 19.8 Å². The minimum absolute atomic E-state index is 0.0855. The molecule has 0 aromatic carbocycles. The molecule has 2 aliphatic carbocycles. The molecule has 2 N–H and O–H groups in total. The number of carboxylic acids is 2. The summed E-state index contributed by atoms with van der Waals surface area (Å²) in [6, 6.07) is 0. The van der Waals surface area contributed by atoms with E-state index in [0.29, 0.717) is 12.8 Å². The van der Waals surface area contributed by atoms with Crippen molar-refractivity contribution >= 4 is 11.9 Å². The molecule has 1 atom stereocenters. The van der Waals surface area contributed by atoms with Crippen LogP contribution in [-0.2, 0) is 9.59 Å². The summed E-state index contributed by atoms with van der Waals surface area (Å²) < 4.78 is 0. The molecule has 2 fully saturated rings. The van der Waals surface area contributed by atoms with Gasteiger partial charge in [-0.3, -0.25) is 9.59 Å². The Morgan fingerprint density at radius 3 is 2.06 bits per heavy atom. The molecule has 0 saturated heterocycles. The van der Waals surface area contributed by atoms with Gasteiger partial charge in [-0.1, -0.05) is 6.42 Å². The van der Waals surface area contributed by atoms with Gasteiger partial charge in [0, 0.05) is 0 Å². The van der Waals surface area contributed by atoms with E-state index in [1.165, 1.54) is 0 Å². The molecule has 0 aliphatic heterocycles. The third-order valence-electron chi connectivity index (χ3n) is 4.54. The van der Waals surface area contributed by atoms with Gasteiger partial charge < -0.3 is 10.2 Å². The maximum atomic E-state index is 11.2. The van der Waals surface area contributed by atoms with Crippen LogP contribution in [0.25, 0.3) is 0 Å². The largest absolute Gasteiger partial charge is 0.481 e. The van der Waals surface area contributed by atoms with Crippen LogP contribution in [0.4, 0.5) is 0 Å². The Morgan fingerprint density at radius 2 is 1.56 bits per heavy atom. The highest BCUT2D eigenvalue weighted by Crippen LogP contribution is 2.53. The van der Waals surface area contributed by atoms with Gasteiger partial charge in [-0.05, 0) is 43.9 Å². The van der Waals surface area contributed by atoms with Crippen LogP contribution >= 0.6 is 0 Å². The maximum absolute atomic E-state index is 11.2. The van der Waals surface area contributed by atoms with Gasteiger partial charge in [0.15, 0.2) is 0 Å². The molecule has 4 nitrogen and oxygen atoms in total. The molecule has 2 aliphatic rings. The Hall–Kier alpha value is -1.06. The predicted molar refractivity (Wildman–Crippen MR) is 57.0 cm³/mol. The molecule has 90 valence electrons. The van der Waals surface area contributed by atoms with Crippen LogP contribution in [0.2, 0.25) is 0 Å². The Labute approximate surface area is 94.7 Å². The molecule has 0 unspecified atom stereocenters. The van der Waals surface area contributed by atoms with E-state index in [2.05, 4.69) is 0 Å². The number of carbonyl (C=O) groups is 2. The zero-order valence-corrected chi connectivity index (χ0v) is 9.32. The summed E-state index contributed by atoms with van der Waals surface area (Å²) in [5.74, 6) is -1.89. The quantitative estimate of drug-likeness (QED) is 0.756. The third-order valence-corrected chi connectivity index (χ3v) is 4.54. The van der Waals surface area contributed by atoms with Crippen molar-refractivity contribution in [2.75, 3.05) is 0 Å². The molecule has 4 heteroatoms. The molecular formula is C12H18O4. The van der Waals surface area contributed by atoms with Crippen LogP contribution in [0.5, 0.6) is 0 Å². The van der Waals surface area contributed by atoms with Gasteiger partial charge in [0.2, 0.25) is 0 Å². The molecule has 0 heterocycles. The van der Waals surface area contributed by atoms with Gasteiger partial charge >= 0.3 is 11.9 Å². The predicted octanol–water partition coefficient (Wildman–Crippen LogP) is 2.13. The molecule has 1 spiro atoms. The van der Waals surface area contributed by atoms with Gasteiger partial charge in [0.05, 0.1) is 11.8 Å². The lowest BCUT2D eigenvalue weighted by molar-refractivity contribution is -0.148. The van der Waals surface area contributed by atoms with Crippen molar-refractivity contribution in [2.45, 2.75) is 44.9 Å². The number of carboxylic acid groups (broad SMARTS) is 2. The van der Waals surface area contributed by atoms with Crippen molar-refractivity contribution in [1.82, 2.24) is 0 Å². The summed E-state index contributed by atoms with van der Waals surface area (Å²) >= 11 is 0. The first-order valence-corrected chi connectivity index (χ1v) is 6.01. The van der Waals surface area contributed by atoms with E-state index in [0.717, 1.165) is 32.1 Å². The van der Waals surface area contributed by atoms with Crippen LogP contribution in [0.3, 0.4) is 0 Å². The Bertz CT molecular complexity index is 302. The fourth-order valence-corrected chi connectivity index (χ4v) is 3.56. The van der Waals surface area contributed by atoms with E-state index in [4.69, 9.17) is 5.11 Å². The number of rotatable bonds is 2. The first kappa shape index (κ1) is 11.4. The normalized spacial score (nSPS) is 38.8. The molecular weight excluding hydrogens is 208 g/mol. The molecule has 2 saturated carbocycles. The van der Waals surface area contributed by atoms with Crippen LogP contribution in [0.1, 0.15) is 44.9 Å². The average Bonchev–Trinajstić information content (AvgIpc) is 2.62. The Morgan fingerprint density at radius 1 is 0.938 bits per heavy atom. The van der Waals surface area contributed by atoms with Gasteiger partial charge in [-0.25, -0.2) is 0 Å². The lowest BCUT2D eigenvalue weighted by atomic mass is 9.65. The summed E-state index contributed by atoms with van der Waals surface area (Å²) in [5.41, 5.74) is -0.0855. The zero-order chi connectivity index (χ0) is 11.8. The minimum atomic E-state index is -0.722. The monoisotopic (exact) mass is 226 g/mol. The Kier molecular flexibility index (Phi) is 2.91. The van der Waals surface area contributed by atoms with Crippen LogP contribution in [0.15, 0.2) is 0 Å². The standard InChI is InChI=1S/C12H18O4/c13-10(14)8-3-6-12(7-4-8)5-1-2-9(12)11(15)16/h8-9H,1-7H2,(H,13,14)(H,15,16)/t8?,9-,12?/m1/s1. The second-order valence-electron chi connectivity index (χ2n) is 5.26. The second-order valence-corrected chi connectivity index (χ2v) is 5.26. The summed E-state index contributed by atoms with van der Waals surface area (Å²) in [6.07, 6.45) is 5.58. The third kappa shape index (κ3) is 1.81. The SMILES string of the molecule is O=C(O)C1CCC2(CCC[C@@H]2C(=O)O)CC1. The highest BCUT2D eigenvalue weighted by Gasteiger charge is 2.48. The van der Waals surface area contributed by atoms with Gasteiger partial charge in [0.25, 0.3) is 0 Å². The number of hydrogen-bond acceptors (Lipinski definition) is 2. The van der Waals surface area contributed by atoms with E-state index in [-0.39, 0.29) is 17.3 Å². The van der Waals surface area contributed by atoms with Crippen LogP contribution in [-0.4, -0.2) is 22.2 Å². The van der Waals surface area contributed by atoms with Crippen molar-refractivity contribution in [3.63, 3.8) is 0 Å². The zero-order valence-electron chi connectivity index (χ0n) is 9.32. The maximum Gasteiger partial charge on any atom is 0.307 e. The summed E-state index contributed by atoms with van der Waals surface area (Å²) in [6.45, 7) is 0. The fourth-order valence-electron chi connectivity index (χ4n) is 3.56. The van der Waals surface area contributed by atoms with Crippen molar-refractivity contribution in [3.05, 3.63) is 0 Å². The molecule has 0 aromatic rings. The topological polar surface area (TPSA) is 74.6 Å². The average molecular weight is 226 g/mol. The lowest BCUT2D eigenvalue weighted by Crippen LogP contribution is -2.36. The highest BCUT2D eigenvalue weighted by molar-refractivity contribution is 5.72. The van der Waals surface area contributed by atoms with Crippen molar-refractivity contribution in [3.8, 4) is 0 Å². The Balaban J connectivity index is 2.05. The number of hydrogen-bond donors (Lipinski definition) is 2. The van der Waals surface area contributed by atoms with Crippen molar-refractivity contribution in [1.29, 1.82) is 0 Å². The molecule has 16 heavy (non-hydrogen) atoms. The van der Waals surface area contributed by atoms with Gasteiger partial charge in [-0.15, -0.1) is 0 Å². The highest BCUT2D eigenvalue weighted by atomic mass is 16.4. The van der Waals surface area contributed by atoms with Gasteiger partial charge in [-0.2, -0.15) is 0 Å². The lowest BCUT2D eigenvalue weighted by Gasteiger charge is -2.39.